The van der Waals surface area contributed by atoms with Gasteiger partial charge in [-0.1, -0.05) is 0 Å². The molecule has 0 aliphatic carbocycles. The van der Waals surface area contributed by atoms with Crippen molar-refractivity contribution in [1.82, 2.24) is 14.5 Å². The molecule has 0 saturated carbocycles. The number of carbonyl (C=O) groups is 3. The molecular formula is C17H18F3N3O5. The number of carboxylic acids is 2. The fourth-order valence-corrected chi connectivity index (χ4v) is 2.06. The van der Waals surface area contributed by atoms with Crippen molar-refractivity contribution in [2.24, 2.45) is 0 Å². The number of aromatic nitrogens is 2. The van der Waals surface area contributed by atoms with E-state index in [9.17, 15) is 22.8 Å². The molecule has 11 heteroatoms. The molecule has 0 unspecified atom stereocenters. The maximum Gasteiger partial charge on any atom is 0.490 e. The van der Waals surface area contributed by atoms with Crippen LogP contribution in [0.4, 0.5) is 13.2 Å². The van der Waals surface area contributed by atoms with Gasteiger partial charge in [0.2, 0.25) is 0 Å². The summed E-state index contributed by atoms with van der Waals surface area (Å²) in [7, 11) is 1.71. The topological polar surface area (TPSA) is 113 Å². The maximum absolute atomic E-state index is 12.3. The zero-order valence-electron chi connectivity index (χ0n) is 15.0. The van der Waals surface area contributed by atoms with Crippen LogP contribution in [0.5, 0.6) is 0 Å². The number of alkyl halides is 3. The Kier molecular flexibility index (Phi) is 7.72. The second-order valence-electron chi connectivity index (χ2n) is 5.52. The lowest BCUT2D eigenvalue weighted by atomic mass is 10.1. The van der Waals surface area contributed by atoms with Crippen LogP contribution in [-0.2, 0) is 17.9 Å². The summed E-state index contributed by atoms with van der Waals surface area (Å²) in [6, 6.07) is 5.91. The zero-order valence-corrected chi connectivity index (χ0v) is 15.0. The van der Waals surface area contributed by atoms with E-state index in [-0.39, 0.29) is 11.5 Å². The molecule has 1 aromatic heterocycles. The van der Waals surface area contributed by atoms with Gasteiger partial charge in [0.15, 0.2) is 0 Å². The highest BCUT2D eigenvalue weighted by atomic mass is 19.4. The van der Waals surface area contributed by atoms with E-state index in [4.69, 9.17) is 15.0 Å². The summed E-state index contributed by atoms with van der Waals surface area (Å²) in [6.07, 6.45) is -1.61. The molecule has 0 aliphatic rings. The number of benzene rings is 1. The number of hydrogen-bond acceptors (Lipinski definition) is 4. The third-order valence-corrected chi connectivity index (χ3v) is 3.51. The molecule has 8 nitrogen and oxygen atoms in total. The minimum atomic E-state index is -5.08. The summed E-state index contributed by atoms with van der Waals surface area (Å²) in [4.78, 5) is 37.6. The van der Waals surface area contributed by atoms with Gasteiger partial charge >= 0.3 is 18.1 Å². The van der Waals surface area contributed by atoms with E-state index in [1.807, 2.05) is 11.5 Å². The molecular weight excluding hydrogens is 383 g/mol. The van der Waals surface area contributed by atoms with E-state index in [1.165, 1.54) is 24.3 Å². The Morgan fingerprint density at radius 3 is 2.04 bits per heavy atom. The van der Waals surface area contributed by atoms with Crippen molar-refractivity contribution in [2.75, 3.05) is 7.05 Å². The average molecular weight is 401 g/mol. The molecule has 0 fully saturated rings. The molecule has 0 saturated heterocycles. The Morgan fingerprint density at radius 1 is 1.11 bits per heavy atom. The Balaban J connectivity index is 0.000000480. The van der Waals surface area contributed by atoms with Gasteiger partial charge in [-0.05, 0) is 31.2 Å². The number of amides is 1. The lowest BCUT2D eigenvalue weighted by Gasteiger charge is -2.18. The predicted molar refractivity (Wildman–Crippen MR) is 90.8 cm³/mol. The van der Waals surface area contributed by atoms with E-state index in [0.717, 1.165) is 12.2 Å². The number of rotatable bonds is 5. The molecule has 1 heterocycles. The van der Waals surface area contributed by atoms with Crippen molar-refractivity contribution in [2.45, 2.75) is 26.2 Å². The molecule has 0 aliphatic heterocycles. The van der Waals surface area contributed by atoms with Gasteiger partial charge in [0, 0.05) is 25.4 Å². The van der Waals surface area contributed by atoms with Crippen molar-refractivity contribution in [3.05, 3.63) is 53.6 Å². The first-order chi connectivity index (χ1) is 13.0. The Labute approximate surface area is 157 Å². The van der Waals surface area contributed by atoms with Crippen LogP contribution in [0.25, 0.3) is 0 Å². The fourth-order valence-electron chi connectivity index (χ4n) is 2.06. The highest BCUT2D eigenvalue weighted by molar-refractivity contribution is 5.95. The smallest absolute Gasteiger partial charge is 0.478 e. The number of aromatic carboxylic acids is 1. The van der Waals surface area contributed by atoms with Crippen LogP contribution < -0.4 is 0 Å². The molecule has 2 N–H and O–H groups in total. The third kappa shape index (κ3) is 6.41. The number of aryl methyl sites for hydroxylation is 1. The maximum atomic E-state index is 12.3. The van der Waals surface area contributed by atoms with Gasteiger partial charge in [-0.2, -0.15) is 13.2 Å². The summed E-state index contributed by atoms with van der Waals surface area (Å²) < 4.78 is 33.7. The molecule has 152 valence electrons. The van der Waals surface area contributed by atoms with Crippen molar-refractivity contribution in [1.29, 1.82) is 0 Å². The molecule has 2 rings (SSSR count). The predicted octanol–water partition coefficient (Wildman–Crippen LogP) is 2.51. The van der Waals surface area contributed by atoms with Crippen LogP contribution in [-0.4, -0.2) is 55.7 Å². The minimum absolute atomic E-state index is 0.157. The van der Waals surface area contributed by atoms with Gasteiger partial charge in [0.05, 0.1) is 24.1 Å². The van der Waals surface area contributed by atoms with Crippen molar-refractivity contribution >= 4 is 17.8 Å². The van der Waals surface area contributed by atoms with Gasteiger partial charge in [-0.3, -0.25) is 4.79 Å². The highest BCUT2D eigenvalue weighted by Gasteiger charge is 2.38. The Morgan fingerprint density at radius 2 is 1.61 bits per heavy atom. The highest BCUT2D eigenvalue weighted by Crippen LogP contribution is 2.13. The summed E-state index contributed by atoms with van der Waals surface area (Å²) in [6.45, 7) is 3.26. The molecule has 1 aromatic carbocycles. The zero-order chi connectivity index (χ0) is 21.5. The quantitative estimate of drug-likeness (QED) is 0.796. The largest absolute Gasteiger partial charge is 0.490 e. The number of carboxylic acid groups (broad SMARTS) is 2. The molecule has 28 heavy (non-hydrogen) atoms. The van der Waals surface area contributed by atoms with Crippen LogP contribution in [0.15, 0.2) is 36.8 Å². The molecule has 1 amide bonds. The van der Waals surface area contributed by atoms with Gasteiger partial charge in [0.25, 0.3) is 5.91 Å². The summed E-state index contributed by atoms with van der Waals surface area (Å²) in [5, 5.41) is 16.0. The van der Waals surface area contributed by atoms with Crippen molar-refractivity contribution in [3.8, 4) is 0 Å². The first kappa shape index (κ1) is 22.7. The summed E-state index contributed by atoms with van der Waals surface area (Å²) >= 11 is 0. The molecule has 0 atom stereocenters. The lowest BCUT2D eigenvalue weighted by Crippen LogP contribution is -2.27. The second kappa shape index (κ2) is 9.53. The van der Waals surface area contributed by atoms with E-state index < -0.39 is 18.1 Å². The summed E-state index contributed by atoms with van der Waals surface area (Å²) in [5.41, 5.74) is 1.58. The number of aliphatic carboxylic acids is 1. The monoisotopic (exact) mass is 401 g/mol. The number of carbonyl (C=O) groups excluding carboxylic acids is 1. The van der Waals surface area contributed by atoms with E-state index in [1.54, 1.807) is 24.5 Å². The van der Waals surface area contributed by atoms with Crippen molar-refractivity contribution in [3.63, 3.8) is 0 Å². The number of nitrogens with zero attached hydrogens (tertiary/aromatic N) is 3. The van der Waals surface area contributed by atoms with Gasteiger partial charge in [-0.15, -0.1) is 0 Å². The molecule has 0 spiro atoms. The molecule has 0 bridgehead atoms. The van der Waals surface area contributed by atoms with Gasteiger partial charge in [-0.25, -0.2) is 14.6 Å². The van der Waals surface area contributed by atoms with Crippen molar-refractivity contribution < 1.29 is 37.8 Å². The van der Waals surface area contributed by atoms with Gasteiger partial charge < -0.3 is 19.7 Å². The van der Waals surface area contributed by atoms with Crippen LogP contribution in [0, 0.1) is 0 Å². The third-order valence-electron chi connectivity index (χ3n) is 3.51. The van der Waals surface area contributed by atoms with E-state index in [2.05, 4.69) is 4.98 Å². The normalized spacial score (nSPS) is 10.6. The van der Waals surface area contributed by atoms with Gasteiger partial charge in [0.1, 0.15) is 0 Å². The standard InChI is InChI=1S/C15H17N3O3.C2HF3O2/c1-3-18-10-16-8-13(18)9-17(2)14(19)11-4-6-12(7-5-11)15(20)21;3-2(4,5)1(6)7/h4-8,10H,3,9H2,1-2H3,(H,20,21);(H,6,7). The summed E-state index contributed by atoms with van der Waals surface area (Å²) in [5.74, 6) is -3.92. The first-order valence-corrected chi connectivity index (χ1v) is 7.85. The SMILES string of the molecule is CCn1cncc1CN(C)C(=O)c1ccc(C(=O)O)cc1.O=C(O)C(F)(F)F. The second-order valence-corrected chi connectivity index (χ2v) is 5.52. The van der Waals surface area contributed by atoms with Crippen LogP contribution >= 0.6 is 0 Å². The van der Waals surface area contributed by atoms with Crippen LogP contribution in [0.3, 0.4) is 0 Å². The van der Waals surface area contributed by atoms with E-state index >= 15 is 0 Å². The average Bonchev–Trinajstić information content (AvgIpc) is 3.07. The Hall–Kier alpha value is -3.37. The molecule has 2 aromatic rings. The van der Waals surface area contributed by atoms with E-state index in [0.29, 0.717) is 12.1 Å². The lowest BCUT2D eigenvalue weighted by molar-refractivity contribution is -0.192. The molecule has 0 radical (unpaired) electrons. The van der Waals surface area contributed by atoms with Crippen LogP contribution in [0.2, 0.25) is 0 Å². The number of halogens is 3. The number of imidazole rings is 1. The van der Waals surface area contributed by atoms with Crippen LogP contribution in [0.1, 0.15) is 33.3 Å². The number of hydrogen-bond donors (Lipinski definition) is 2. The fraction of sp³-hybridized carbons (Fsp3) is 0.294. The minimum Gasteiger partial charge on any atom is -0.478 e. The Bertz CT molecular complexity index is 831. The first-order valence-electron chi connectivity index (χ1n) is 7.85.